The Balaban J connectivity index is 2.11. The second kappa shape index (κ2) is 7.50. The van der Waals surface area contributed by atoms with Gasteiger partial charge in [0.25, 0.3) is 0 Å². The van der Waals surface area contributed by atoms with Crippen molar-refractivity contribution < 1.29 is 4.79 Å². The number of thioether (sulfide) groups is 1. The highest BCUT2D eigenvalue weighted by atomic mass is 35.5. The molecule has 6 heteroatoms. The van der Waals surface area contributed by atoms with Gasteiger partial charge in [-0.05, 0) is 48.5 Å². The normalized spacial score (nSPS) is 11.3. The molecule has 2 aromatic carbocycles. The Kier molecular flexibility index (Phi) is 5.67. The van der Waals surface area contributed by atoms with Crippen LogP contribution in [0, 0.1) is 0 Å². The molecule has 0 radical (unpaired) electrons. The minimum Gasteiger partial charge on any atom is -0.292 e. The van der Waals surface area contributed by atoms with Gasteiger partial charge in [0.15, 0.2) is 10.8 Å². The Hall–Kier alpha value is -1.49. The summed E-state index contributed by atoms with van der Waals surface area (Å²) >= 11 is 12.9. The van der Waals surface area contributed by atoms with E-state index < -0.39 is 0 Å². The molecule has 0 spiro atoms. The van der Waals surface area contributed by atoms with E-state index in [1.165, 1.54) is 18.7 Å². The molecule has 3 nitrogen and oxygen atoms in total. The van der Waals surface area contributed by atoms with Crippen molar-refractivity contribution >= 4 is 51.5 Å². The maximum absolute atomic E-state index is 11.7. The average molecular weight is 339 g/mol. The molecule has 0 aliphatic carbocycles. The summed E-state index contributed by atoms with van der Waals surface area (Å²) in [5, 5.41) is 5.81. The highest BCUT2D eigenvalue weighted by Crippen LogP contribution is 2.22. The Morgan fingerprint density at radius 2 is 1.52 bits per heavy atom. The quantitative estimate of drug-likeness (QED) is 0.365. The number of nitrogens with one attached hydrogen (secondary N) is 1. The number of hydrazone groups is 1. The first-order chi connectivity index (χ1) is 10.0. The molecule has 0 aromatic heterocycles. The van der Waals surface area contributed by atoms with Gasteiger partial charge in [0, 0.05) is 21.9 Å². The van der Waals surface area contributed by atoms with Crippen LogP contribution in [0.3, 0.4) is 0 Å². The first-order valence-corrected chi connectivity index (χ1v) is 7.65. The number of Topliss-reactive ketones (excluding diaryl/α,β-unsaturated/α-hetero) is 1. The zero-order valence-electron chi connectivity index (χ0n) is 11.1. The first kappa shape index (κ1) is 15.9. The van der Waals surface area contributed by atoms with Crippen molar-refractivity contribution in [2.24, 2.45) is 5.10 Å². The van der Waals surface area contributed by atoms with Crippen molar-refractivity contribution in [3.05, 3.63) is 58.6 Å². The molecule has 2 rings (SSSR count). The molecular formula is C15H12Cl2N2OS. The fourth-order valence-corrected chi connectivity index (χ4v) is 2.41. The standard InChI is InChI=1S/C15H12Cl2N2OS/c1-10(20)15(21-14-8-4-12(17)5-9-14)19-18-13-6-2-11(16)3-7-13/h2-9,18H,1H3/b19-15+. The van der Waals surface area contributed by atoms with Crippen molar-refractivity contribution in [3.8, 4) is 0 Å². The predicted octanol–water partition coefficient (Wildman–Crippen LogP) is 5.10. The minimum atomic E-state index is -0.114. The van der Waals surface area contributed by atoms with E-state index >= 15 is 0 Å². The van der Waals surface area contributed by atoms with Gasteiger partial charge in [0.05, 0.1) is 5.69 Å². The van der Waals surface area contributed by atoms with Crippen LogP contribution in [0.15, 0.2) is 58.5 Å². The van der Waals surface area contributed by atoms with E-state index in [0.717, 1.165) is 10.6 Å². The van der Waals surface area contributed by atoms with Crippen LogP contribution in [0.25, 0.3) is 0 Å². The molecular weight excluding hydrogens is 327 g/mol. The molecule has 21 heavy (non-hydrogen) atoms. The zero-order chi connectivity index (χ0) is 15.2. The molecule has 0 heterocycles. The van der Waals surface area contributed by atoms with Gasteiger partial charge in [-0.3, -0.25) is 10.2 Å². The molecule has 108 valence electrons. The molecule has 0 bridgehead atoms. The van der Waals surface area contributed by atoms with Gasteiger partial charge >= 0.3 is 0 Å². The van der Waals surface area contributed by atoms with E-state index in [1.54, 1.807) is 36.4 Å². The summed E-state index contributed by atoms with van der Waals surface area (Å²) in [6.07, 6.45) is 0. The van der Waals surface area contributed by atoms with Crippen LogP contribution >= 0.6 is 35.0 Å². The molecule has 1 N–H and O–H groups in total. The van der Waals surface area contributed by atoms with Gasteiger partial charge in [0.1, 0.15) is 0 Å². The SMILES string of the molecule is CC(=O)/C(=N\Nc1ccc(Cl)cc1)Sc1ccc(Cl)cc1. The molecule has 0 amide bonds. The van der Waals surface area contributed by atoms with Crippen molar-refractivity contribution in [2.45, 2.75) is 11.8 Å². The summed E-state index contributed by atoms with van der Waals surface area (Å²) in [7, 11) is 0. The molecule has 2 aromatic rings. The lowest BCUT2D eigenvalue weighted by molar-refractivity contribution is -0.110. The summed E-state index contributed by atoms with van der Waals surface area (Å²) in [5.41, 5.74) is 3.61. The number of hydrogen-bond acceptors (Lipinski definition) is 4. The first-order valence-electron chi connectivity index (χ1n) is 6.08. The lowest BCUT2D eigenvalue weighted by atomic mass is 10.3. The second-order valence-electron chi connectivity index (χ2n) is 4.15. The summed E-state index contributed by atoms with van der Waals surface area (Å²) in [6, 6.07) is 14.3. The third-order valence-corrected chi connectivity index (χ3v) is 4.04. The van der Waals surface area contributed by atoms with E-state index in [4.69, 9.17) is 23.2 Å². The number of nitrogens with zero attached hydrogens (tertiary/aromatic N) is 1. The van der Waals surface area contributed by atoms with Crippen LogP contribution in [0.2, 0.25) is 10.0 Å². The average Bonchev–Trinajstić information content (AvgIpc) is 2.47. The van der Waals surface area contributed by atoms with Gasteiger partial charge in [0.2, 0.25) is 0 Å². The fraction of sp³-hybridized carbons (Fsp3) is 0.0667. The molecule has 0 aliphatic heterocycles. The maximum Gasteiger partial charge on any atom is 0.186 e. The number of rotatable bonds is 4. The largest absolute Gasteiger partial charge is 0.292 e. The molecule has 0 fully saturated rings. The molecule has 0 atom stereocenters. The summed E-state index contributed by atoms with van der Waals surface area (Å²) in [4.78, 5) is 12.5. The number of benzene rings is 2. The van der Waals surface area contributed by atoms with E-state index in [2.05, 4.69) is 10.5 Å². The molecule has 0 saturated heterocycles. The van der Waals surface area contributed by atoms with Crippen molar-refractivity contribution in [1.29, 1.82) is 0 Å². The highest BCUT2D eigenvalue weighted by molar-refractivity contribution is 8.15. The molecule has 0 unspecified atom stereocenters. The Labute approximate surface area is 137 Å². The third-order valence-electron chi connectivity index (χ3n) is 2.46. The Morgan fingerprint density at radius 1 is 1.00 bits per heavy atom. The lowest BCUT2D eigenvalue weighted by Gasteiger charge is -2.05. The van der Waals surface area contributed by atoms with E-state index in [9.17, 15) is 4.79 Å². The number of anilines is 1. The van der Waals surface area contributed by atoms with Crippen molar-refractivity contribution in [2.75, 3.05) is 5.43 Å². The number of ketones is 1. The monoisotopic (exact) mass is 338 g/mol. The van der Waals surface area contributed by atoms with Crippen molar-refractivity contribution in [1.82, 2.24) is 0 Å². The van der Waals surface area contributed by atoms with Crippen LogP contribution in [0.1, 0.15) is 6.92 Å². The zero-order valence-corrected chi connectivity index (χ0v) is 13.5. The maximum atomic E-state index is 11.7. The molecule has 0 saturated carbocycles. The predicted molar refractivity (Wildman–Crippen MR) is 90.5 cm³/mol. The van der Waals surface area contributed by atoms with E-state index in [1.807, 2.05) is 12.1 Å². The van der Waals surface area contributed by atoms with Gasteiger partial charge in [-0.25, -0.2) is 0 Å². The Bertz CT molecular complexity index is 654. The fourth-order valence-electron chi connectivity index (χ4n) is 1.43. The van der Waals surface area contributed by atoms with E-state index in [0.29, 0.717) is 15.1 Å². The summed E-state index contributed by atoms with van der Waals surface area (Å²) in [5.74, 6) is -0.114. The van der Waals surface area contributed by atoms with E-state index in [-0.39, 0.29) is 5.78 Å². The van der Waals surface area contributed by atoms with Gasteiger partial charge in [-0.1, -0.05) is 35.0 Å². The van der Waals surface area contributed by atoms with Crippen LogP contribution in [0.4, 0.5) is 5.69 Å². The Morgan fingerprint density at radius 3 is 2.05 bits per heavy atom. The highest BCUT2D eigenvalue weighted by Gasteiger charge is 2.08. The molecule has 0 aliphatic rings. The van der Waals surface area contributed by atoms with Crippen LogP contribution in [-0.4, -0.2) is 10.8 Å². The number of halogens is 2. The smallest absolute Gasteiger partial charge is 0.186 e. The van der Waals surface area contributed by atoms with Gasteiger partial charge in [-0.15, -0.1) is 0 Å². The van der Waals surface area contributed by atoms with Crippen molar-refractivity contribution in [3.63, 3.8) is 0 Å². The number of carbonyl (C=O) groups excluding carboxylic acids is 1. The minimum absolute atomic E-state index is 0.114. The second-order valence-corrected chi connectivity index (χ2v) is 6.08. The summed E-state index contributed by atoms with van der Waals surface area (Å²) < 4.78 is 0. The topological polar surface area (TPSA) is 41.5 Å². The van der Waals surface area contributed by atoms with Crippen LogP contribution < -0.4 is 5.43 Å². The van der Waals surface area contributed by atoms with Gasteiger partial charge in [-0.2, -0.15) is 5.10 Å². The van der Waals surface area contributed by atoms with Gasteiger partial charge < -0.3 is 0 Å². The number of carbonyl (C=O) groups is 1. The third kappa shape index (κ3) is 5.08. The number of hydrogen-bond donors (Lipinski definition) is 1. The van der Waals surface area contributed by atoms with Crippen LogP contribution in [-0.2, 0) is 4.79 Å². The summed E-state index contributed by atoms with van der Waals surface area (Å²) in [6.45, 7) is 1.48. The van der Waals surface area contributed by atoms with Crippen LogP contribution in [0.5, 0.6) is 0 Å². The lowest BCUT2D eigenvalue weighted by Crippen LogP contribution is -2.08.